The summed E-state index contributed by atoms with van der Waals surface area (Å²) < 4.78 is 64.3. The van der Waals surface area contributed by atoms with Gasteiger partial charge in [0.15, 0.2) is 0 Å². The third-order valence-corrected chi connectivity index (χ3v) is 4.90. The fraction of sp³-hybridized carbons (Fsp3) is 0.0714. The van der Waals surface area contributed by atoms with Crippen LogP contribution in [0.15, 0.2) is 41.3 Å². The Morgan fingerprint density at radius 2 is 1.71 bits per heavy atom. The molecule has 0 saturated heterocycles. The lowest BCUT2D eigenvalue weighted by Crippen LogP contribution is -2.14. The first-order chi connectivity index (χ1) is 11.0. The summed E-state index contributed by atoms with van der Waals surface area (Å²) in [7, 11) is -4.14. The Kier molecular flexibility index (Phi) is 4.99. The van der Waals surface area contributed by atoms with Crippen molar-refractivity contribution >= 4 is 38.9 Å². The smallest absolute Gasteiger partial charge is 0.278 e. The zero-order valence-corrected chi connectivity index (χ0v) is 13.9. The van der Waals surface area contributed by atoms with Gasteiger partial charge in [0.1, 0.15) is 6.07 Å². The van der Waals surface area contributed by atoms with Gasteiger partial charge < -0.3 is 0 Å². The van der Waals surface area contributed by atoms with Gasteiger partial charge in [-0.3, -0.25) is 4.72 Å². The summed E-state index contributed by atoms with van der Waals surface area (Å²) in [6, 6.07) is 7.42. The van der Waals surface area contributed by atoms with Gasteiger partial charge in [0.05, 0.1) is 31.8 Å². The van der Waals surface area contributed by atoms with E-state index in [1.54, 1.807) is 6.07 Å². The first-order valence-electron chi connectivity index (χ1n) is 6.14. The van der Waals surface area contributed by atoms with Gasteiger partial charge in [-0.1, -0.05) is 23.2 Å². The number of anilines is 1. The Labute approximate surface area is 145 Å². The number of benzene rings is 2. The molecule has 0 aromatic heterocycles. The van der Waals surface area contributed by atoms with E-state index >= 15 is 0 Å². The number of nitriles is 1. The first-order valence-corrected chi connectivity index (χ1v) is 8.38. The molecule has 0 saturated carbocycles. The number of halogens is 5. The van der Waals surface area contributed by atoms with E-state index in [0.717, 1.165) is 18.2 Å². The van der Waals surface area contributed by atoms with E-state index in [0.29, 0.717) is 12.1 Å². The predicted molar refractivity (Wildman–Crippen MR) is 83.4 cm³/mol. The Bertz CT molecular complexity index is 938. The summed E-state index contributed by atoms with van der Waals surface area (Å²) >= 11 is 11.5. The number of alkyl halides is 3. The minimum absolute atomic E-state index is 0.0705. The predicted octanol–water partition coefficient (Wildman–Crippen LogP) is 4.68. The molecule has 10 heteroatoms. The van der Waals surface area contributed by atoms with Crippen LogP contribution in [0.1, 0.15) is 11.1 Å². The lowest BCUT2D eigenvalue weighted by atomic mass is 10.2. The summed E-state index contributed by atoms with van der Waals surface area (Å²) in [5.41, 5.74) is -1.13. The fourth-order valence-corrected chi connectivity index (χ4v) is 3.41. The van der Waals surface area contributed by atoms with Crippen molar-refractivity contribution in [1.82, 2.24) is 0 Å². The van der Waals surface area contributed by atoms with E-state index in [1.165, 1.54) is 6.07 Å². The van der Waals surface area contributed by atoms with Gasteiger partial charge in [-0.05, 0) is 36.4 Å². The van der Waals surface area contributed by atoms with Crippen LogP contribution in [0.25, 0.3) is 0 Å². The van der Waals surface area contributed by atoms with Crippen LogP contribution in [-0.4, -0.2) is 8.42 Å². The van der Waals surface area contributed by atoms with Crippen LogP contribution < -0.4 is 4.72 Å². The van der Waals surface area contributed by atoms with Crippen molar-refractivity contribution in [2.75, 3.05) is 4.72 Å². The molecule has 2 rings (SSSR count). The first kappa shape index (κ1) is 18.4. The second-order valence-corrected chi connectivity index (χ2v) is 7.05. The Morgan fingerprint density at radius 1 is 1.04 bits per heavy atom. The fourth-order valence-electron chi connectivity index (χ4n) is 1.73. The third kappa shape index (κ3) is 3.93. The molecule has 0 bridgehead atoms. The standard InChI is InChI=1S/C14H7Cl2F3N2O2S/c15-11-6-10(3-1-8(11)7-20)24(22,23)21-13-4-2-9(5-12(13)16)14(17,18)19/h1-6,21H. The van der Waals surface area contributed by atoms with Crippen molar-refractivity contribution in [3.63, 3.8) is 0 Å². The van der Waals surface area contributed by atoms with Crippen LogP contribution in [0.3, 0.4) is 0 Å². The monoisotopic (exact) mass is 394 g/mol. The Morgan fingerprint density at radius 3 is 2.21 bits per heavy atom. The minimum atomic E-state index is -4.60. The van der Waals surface area contributed by atoms with E-state index in [9.17, 15) is 21.6 Å². The second kappa shape index (κ2) is 6.51. The van der Waals surface area contributed by atoms with Crippen molar-refractivity contribution < 1.29 is 21.6 Å². The van der Waals surface area contributed by atoms with Gasteiger partial charge in [0.25, 0.3) is 10.0 Å². The molecule has 0 heterocycles. The molecule has 126 valence electrons. The summed E-state index contributed by atoms with van der Waals surface area (Å²) in [5.74, 6) is 0. The number of sulfonamides is 1. The van der Waals surface area contributed by atoms with Crippen molar-refractivity contribution in [3.05, 3.63) is 57.6 Å². The molecule has 24 heavy (non-hydrogen) atoms. The SMILES string of the molecule is N#Cc1ccc(S(=O)(=O)Nc2ccc(C(F)(F)F)cc2Cl)cc1Cl. The number of rotatable bonds is 3. The lowest BCUT2D eigenvalue weighted by molar-refractivity contribution is -0.137. The molecule has 0 aliphatic heterocycles. The van der Waals surface area contributed by atoms with Gasteiger partial charge in [0, 0.05) is 0 Å². The molecule has 0 aliphatic rings. The number of nitrogens with one attached hydrogen (secondary N) is 1. The number of nitrogens with zero attached hydrogens (tertiary/aromatic N) is 1. The largest absolute Gasteiger partial charge is 0.416 e. The zero-order chi connectivity index (χ0) is 18.1. The quantitative estimate of drug-likeness (QED) is 0.820. The second-order valence-electron chi connectivity index (χ2n) is 4.55. The third-order valence-electron chi connectivity index (χ3n) is 2.91. The maximum atomic E-state index is 12.6. The average Bonchev–Trinajstić information content (AvgIpc) is 2.48. The molecular weight excluding hydrogens is 388 g/mol. The van der Waals surface area contributed by atoms with Gasteiger partial charge in [-0.2, -0.15) is 18.4 Å². The minimum Gasteiger partial charge on any atom is -0.278 e. The number of hydrogen-bond acceptors (Lipinski definition) is 3. The van der Waals surface area contributed by atoms with Gasteiger partial charge >= 0.3 is 6.18 Å². The maximum absolute atomic E-state index is 12.6. The van der Waals surface area contributed by atoms with Crippen molar-refractivity contribution in [3.8, 4) is 6.07 Å². The molecule has 0 fully saturated rings. The van der Waals surface area contributed by atoms with Crippen LogP contribution in [-0.2, 0) is 16.2 Å². The highest BCUT2D eigenvalue weighted by Gasteiger charge is 2.31. The number of hydrogen-bond donors (Lipinski definition) is 1. The van der Waals surface area contributed by atoms with Crippen LogP contribution in [0, 0.1) is 11.3 Å². The highest BCUT2D eigenvalue weighted by Crippen LogP contribution is 2.34. The van der Waals surface area contributed by atoms with Gasteiger partial charge in [-0.25, -0.2) is 8.42 Å². The van der Waals surface area contributed by atoms with E-state index in [4.69, 9.17) is 28.5 Å². The lowest BCUT2D eigenvalue weighted by Gasteiger charge is -2.12. The Balaban J connectivity index is 2.36. The molecule has 2 aromatic rings. The van der Waals surface area contributed by atoms with Crippen LogP contribution in [0.4, 0.5) is 18.9 Å². The molecule has 0 unspecified atom stereocenters. The molecule has 1 N–H and O–H groups in total. The highest BCUT2D eigenvalue weighted by molar-refractivity contribution is 7.92. The molecule has 4 nitrogen and oxygen atoms in total. The van der Waals surface area contributed by atoms with E-state index in [2.05, 4.69) is 4.72 Å². The van der Waals surface area contributed by atoms with Crippen LogP contribution in [0.2, 0.25) is 10.0 Å². The van der Waals surface area contributed by atoms with Crippen LogP contribution in [0.5, 0.6) is 0 Å². The van der Waals surface area contributed by atoms with Crippen molar-refractivity contribution in [1.29, 1.82) is 5.26 Å². The Hall–Kier alpha value is -1.95. The molecule has 0 radical (unpaired) electrons. The molecule has 0 atom stereocenters. The molecule has 0 spiro atoms. The summed E-state index contributed by atoms with van der Waals surface area (Å²) in [5, 5.41) is 8.29. The maximum Gasteiger partial charge on any atom is 0.416 e. The van der Waals surface area contributed by atoms with Crippen LogP contribution >= 0.6 is 23.2 Å². The van der Waals surface area contributed by atoms with Gasteiger partial charge in [-0.15, -0.1) is 0 Å². The molecule has 2 aromatic carbocycles. The van der Waals surface area contributed by atoms with E-state index in [1.807, 2.05) is 0 Å². The van der Waals surface area contributed by atoms with Gasteiger partial charge in [0.2, 0.25) is 0 Å². The van der Waals surface area contributed by atoms with E-state index in [-0.39, 0.29) is 21.2 Å². The normalized spacial score (nSPS) is 11.8. The zero-order valence-electron chi connectivity index (χ0n) is 11.5. The topological polar surface area (TPSA) is 70.0 Å². The molecule has 0 aliphatic carbocycles. The summed E-state index contributed by atoms with van der Waals surface area (Å²) in [6.45, 7) is 0. The molecule has 0 amide bonds. The van der Waals surface area contributed by atoms with E-state index < -0.39 is 26.8 Å². The summed E-state index contributed by atoms with van der Waals surface area (Å²) in [6.07, 6.45) is -4.60. The van der Waals surface area contributed by atoms with Crippen molar-refractivity contribution in [2.45, 2.75) is 11.1 Å². The summed E-state index contributed by atoms with van der Waals surface area (Å²) in [4.78, 5) is -0.262. The van der Waals surface area contributed by atoms with Crippen molar-refractivity contribution in [2.24, 2.45) is 0 Å². The average molecular weight is 395 g/mol. The molecular formula is C14H7Cl2F3N2O2S. The highest BCUT2D eigenvalue weighted by atomic mass is 35.5.